The SMILES string of the molecule is CN(C)CCCSN.NC(=O)Nc1c2c(cc3c1CCC3)CCC2. The molecule has 0 unspecified atom stereocenters. The Balaban J connectivity index is 0.000000224. The van der Waals surface area contributed by atoms with Crippen molar-refractivity contribution in [3.8, 4) is 0 Å². The molecule has 5 N–H and O–H groups in total. The second-order valence-corrected chi connectivity index (χ2v) is 7.49. The van der Waals surface area contributed by atoms with Gasteiger partial charge in [0.15, 0.2) is 0 Å². The molecule has 2 aliphatic rings. The number of aryl methyl sites for hydroxylation is 2. The highest BCUT2D eigenvalue weighted by Gasteiger charge is 2.24. The number of primary amides is 1. The summed E-state index contributed by atoms with van der Waals surface area (Å²) >= 11 is 1.42. The maximum absolute atomic E-state index is 11.1. The second kappa shape index (κ2) is 9.30. The van der Waals surface area contributed by atoms with Crippen molar-refractivity contribution >= 4 is 23.7 Å². The molecule has 5 nitrogen and oxygen atoms in total. The van der Waals surface area contributed by atoms with Gasteiger partial charge in [-0.2, -0.15) is 0 Å². The molecule has 2 aliphatic carbocycles. The number of nitrogens with one attached hydrogen (secondary N) is 1. The summed E-state index contributed by atoms with van der Waals surface area (Å²) in [7, 11) is 4.14. The van der Waals surface area contributed by atoms with Gasteiger partial charge in [-0.25, -0.2) is 4.79 Å². The minimum absolute atomic E-state index is 0.436. The molecule has 0 radical (unpaired) electrons. The van der Waals surface area contributed by atoms with Gasteiger partial charge in [-0.3, -0.25) is 5.14 Å². The molecule has 0 fully saturated rings. The van der Waals surface area contributed by atoms with Gasteiger partial charge >= 0.3 is 6.03 Å². The maximum atomic E-state index is 11.1. The van der Waals surface area contributed by atoms with Crippen LogP contribution in [-0.2, 0) is 25.7 Å². The van der Waals surface area contributed by atoms with Crippen molar-refractivity contribution in [1.29, 1.82) is 0 Å². The summed E-state index contributed by atoms with van der Waals surface area (Å²) in [5, 5.41) is 8.06. The number of fused-ring (bicyclic) bond motifs is 2. The van der Waals surface area contributed by atoms with E-state index in [4.69, 9.17) is 10.9 Å². The van der Waals surface area contributed by atoms with Crippen molar-refractivity contribution in [3.05, 3.63) is 28.3 Å². The fourth-order valence-corrected chi connectivity index (χ4v) is 3.85. The first-order chi connectivity index (χ1) is 11.5. The Morgan fingerprint density at radius 1 is 1.17 bits per heavy atom. The molecule has 0 spiro atoms. The number of benzene rings is 1. The van der Waals surface area contributed by atoms with Gasteiger partial charge in [0.25, 0.3) is 0 Å². The number of rotatable bonds is 5. The van der Waals surface area contributed by atoms with E-state index in [1.807, 2.05) is 0 Å². The van der Waals surface area contributed by atoms with Crippen LogP contribution in [0.4, 0.5) is 10.5 Å². The van der Waals surface area contributed by atoms with Crippen molar-refractivity contribution in [1.82, 2.24) is 4.90 Å². The van der Waals surface area contributed by atoms with Gasteiger partial charge in [0, 0.05) is 11.4 Å². The van der Waals surface area contributed by atoms with E-state index in [2.05, 4.69) is 30.4 Å². The number of nitrogens with two attached hydrogens (primary N) is 2. The van der Waals surface area contributed by atoms with Crippen LogP contribution in [0.2, 0.25) is 0 Å². The normalized spacial score (nSPS) is 14.8. The number of hydrogen-bond donors (Lipinski definition) is 3. The summed E-state index contributed by atoms with van der Waals surface area (Å²) in [6, 6.07) is 1.91. The van der Waals surface area contributed by atoms with Gasteiger partial charge in [0.2, 0.25) is 0 Å². The second-order valence-electron chi connectivity index (χ2n) is 6.75. The Kier molecular flexibility index (Phi) is 7.40. The van der Waals surface area contributed by atoms with E-state index in [0.717, 1.165) is 43.7 Å². The van der Waals surface area contributed by atoms with E-state index in [1.54, 1.807) is 0 Å². The summed E-state index contributed by atoms with van der Waals surface area (Å²) in [5.41, 5.74) is 11.8. The molecule has 1 aromatic carbocycles. The third kappa shape index (κ3) is 5.13. The summed E-state index contributed by atoms with van der Waals surface area (Å²) in [5.74, 6) is 1.07. The Morgan fingerprint density at radius 3 is 2.21 bits per heavy atom. The van der Waals surface area contributed by atoms with E-state index in [0.29, 0.717) is 0 Å². The molecule has 24 heavy (non-hydrogen) atoms. The Morgan fingerprint density at radius 2 is 1.75 bits per heavy atom. The first-order valence-corrected chi connectivity index (χ1v) is 9.77. The number of carbonyl (C=O) groups excluding carboxylic acids is 1. The molecule has 0 aromatic heterocycles. The van der Waals surface area contributed by atoms with Gasteiger partial charge in [-0.1, -0.05) is 18.0 Å². The standard InChI is InChI=1S/C13H16N2O.C5H14N2S/c14-13(16)15-12-10-5-1-3-8(10)7-9-4-2-6-11(9)12;1-7(2)4-3-5-8-6/h7H,1-6H2,(H3,14,15,16);3-6H2,1-2H3. The maximum Gasteiger partial charge on any atom is 0.316 e. The van der Waals surface area contributed by atoms with Crippen molar-refractivity contribution in [3.63, 3.8) is 0 Å². The van der Waals surface area contributed by atoms with Crippen LogP contribution in [0.25, 0.3) is 0 Å². The van der Waals surface area contributed by atoms with Crippen LogP contribution in [0.1, 0.15) is 41.5 Å². The average molecular weight is 351 g/mol. The number of carbonyl (C=O) groups is 1. The van der Waals surface area contributed by atoms with E-state index in [1.165, 1.54) is 53.5 Å². The van der Waals surface area contributed by atoms with Crippen molar-refractivity contribution in [2.75, 3.05) is 31.7 Å². The van der Waals surface area contributed by atoms with Crippen LogP contribution >= 0.6 is 11.9 Å². The van der Waals surface area contributed by atoms with Crippen LogP contribution in [-0.4, -0.2) is 37.3 Å². The molecule has 2 amide bonds. The zero-order chi connectivity index (χ0) is 17.5. The molecule has 134 valence electrons. The lowest BCUT2D eigenvalue weighted by atomic mass is 9.99. The Hall–Kier alpha value is -1.24. The van der Waals surface area contributed by atoms with Crippen molar-refractivity contribution < 1.29 is 4.79 Å². The van der Waals surface area contributed by atoms with Crippen LogP contribution in [0.5, 0.6) is 0 Å². The fourth-order valence-electron chi connectivity index (χ4n) is 3.55. The fraction of sp³-hybridized carbons (Fsp3) is 0.611. The third-order valence-electron chi connectivity index (χ3n) is 4.59. The van der Waals surface area contributed by atoms with Gasteiger partial charge < -0.3 is 16.0 Å². The number of amides is 2. The first kappa shape index (κ1) is 19.1. The minimum atomic E-state index is -0.436. The van der Waals surface area contributed by atoms with E-state index < -0.39 is 6.03 Å². The predicted molar refractivity (Wildman–Crippen MR) is 104 cm³/mol. The summed E-state index contributed by atoms with van der Waals surface area (Å²) in [4.78, 5) is 13.2. The summed E-state index contributed by atoms with van der Waals surface area (Å²) in [6.45, 7) is 1.14. The van der Waals surface area contributed by atoms with E-state index >= 15 is 0 Å². The highest BCUT2D eigenvalue weighted by Crippen LogP contribution is 2.38. The molecular weight excluding hydrogens is 320 g/mol. The van der Waals surface area contributed by atoms with Gasteiger partial charge in [0.1, 0.15) is 0 Å². The van der Waals surface area contributed by atoms with Gasteiger partial charge in [0.05, 0.1) is 0 Å². The Bertz CT molecular complexity index is 542. The lowest BCUT2D eigenvalue weighted by molar-refractivity contribution is 0.259. The predicted octanol–water partition coefficient (Wildman–Crippen LogP) is 2.70. The zero-order valence-electron chi connectivity index (χ0n) is 14.9. The average Bonchev–Trinajstić information content (AvgIpc) is 3.15. The molecule has 0 saturated carbocycles. The molecule has 6 heteroatoms. The van der Waals surface area contributed by atoms with E-state index in [-0.39, 0.29) is 0 Å². The lowest BCUT2D eigenvalue weighted by Crippen LogP contribution is -2.21. The highest BCUT2D eigenvalue weighted by molar-refractivity contribution is 7.97. The van der Waals surface area contributed by atoms with Gasteiger partial charge in [-0.05, 0) is 87.8 Å². The van der Waals surface area contributed by atoms with Crippen LogP contribution in [0.3, 0.4) is 0 Å². The topological polar surface area (TPSA) is 84.4 Å². The first-order valence-electron chi connectivity index (χ1n) is 8.72. The summed E-state index contributed by atoms with van der Waals surface area (Å²) in [6.07, 6.45) is 8.05. The molecular formula is C18H30N4OS. The van der Waals surface area contributed by atoms with Gasteiger partial charge in [-0.15, -0.1) is 0 Å². The quantitative estimate of drug-likeness (QED) is 0.563. The number of nitrogens with zero attached hydrogens (tertiary/aromatic N) is 1. The van der Waals surface area contributed by atoms with Crippen molar-refractivity contribution in [2.45, 2.75) is 44.9 Å². The van der Waals surface area contributed by atoms with Crippen LogP contribution in [0.15, 0.2) is 6.07 Å². The molecule has 0 saturated heterocycles. The molecule has 0 atom stereocenters. The van der Waals surface area contributed by atoms with Crippen LogP contribution < -0.4 is 16.2 Å². The molecule has 0 bridgehead atoms. The minimum Gasteiger partial charge on any atom is -0.351 e. The zero-order valence-corrected chi connectivity index (χ0v) is 15.7. The number of hydrogen-bond acceptors (Lipinski definition) is 4. The number of urea groups is 1. The summed E-state index contributed by atoms with van der Waals surface area (Å²) < 4.78 is 0. The molecule has 0 heterocycles. The van der Waals surface area contributed by atoms with Crippen LogP contribution in [0, 0.1) is 0 Å². The largest absolute Gasteiger partial charge is 0.351 e. The number of anilines is 1. The smallest absolute Gasteiger partial charge is 0.316 e. The Labute approximate surface area is 149 Å². The van der Waals surface area contributed by atoms with Crippen molar-refractivity contribution in [2.24, 2.45) is 10.9 Å². The third-order valence-corrected chi connectivity index (χ3v) is 5.11. The molecule has 1 aromatic rings. The highest BCUT2D eigenvalue weighted by atomic mass is 32.2. The monoisotopic (exact) mass is 350 g/mol. The molecule has 3 rings (SSSR count). The molecule has 0 aliphatic heterocycles. The van der Waals surface area contributed by atoms with E-state index in [9.17, 15) is 4.79 Å². The lowest BCUT2D eigenvalue weighted by Gasteiger charge is -2.14.